The smallest absolute Gasteiger partial charge is 0.121 e. The van der Waals surface area contributed by atoms with Crippen LogP contribution in [0.1, 0.15) is 17.2 Å². The SMILES string of the molecule is CNC(c1ccc(OC)c(C)c1)C1(CO)COC1. The van der Waals surface area contributed by atoms with Gasteiger partial charge in [0.05, 0.1) is 32.3 Å². The largest absolute Gasteiger partial charge is 0.496 e. The maximum absolute atomic E-state index is 9.62. The first-order valence-corrected chi connectivity index (χ1v) is 6.17. The molecule has 0 bridgehead atoms. The summed E-state index contributed by atoms with van der Waals surface area (Å²) in [6.07, 6.45) is 0. The highest BCUT2D eigenvalue weighted by Gasteiger charge is 2.45. The number of benzene rings is 1. The first-order valence-electron chi connectivity index (χ1n) is 6.17. The summed E-state index contributed by atoms with van der Waals surface area (Å²) in [6, 6.07) is 6.22. The molecule has 100 valence electrons. The lowest BCUT2D eigenvalue weighted by atomic mass is 9.75. The monoisotopic (exact) mass is 251 g/mol. The topological polar surface area (TPSA) is 50.7 Å². The molecule has 1 unspecified atom stereocenters. The van der Waals surface area contributed by atoms with Crippen molar-refractivity contribution >= 4 is 0 Å². The fourth-order valence-corrected chi connectivity index (χ4v) is 2.62. The van der Waals surface area contributed by atoms with Crippen LogP contribution in [0.5, 0.6) is 5.75 Å². The first kappa shape index (κ1) is 13.3. The van der Waals surface area contributed by atoms with E-state index in [1.54, 1.807) is 7.11 Å². The Labute approximate surface area is 108 Å². The van der Waals surface area contributed by atoms with E-state index in [9.17, 15) is 5.11 Å². The van der Waals surface area contributed by atoms with Crippen LogP contribution in [0.3, 0.4) is 0 Å². The van der Waals surface area contributed by atoms with Crippen LogP contribution in [-0.4, -0.2) is 39.1 Å². The average Bonchev–Trinajstić information content (AvgIpc) is 2.33. The van der Waals surface area contributed by atoms with E-state index in [4.69, 9.17) is 9.47 Å². The third kappa shape index (κ3) is 2.11. The number of aryl methyl sites for hydroxylation is 1. The molecule has 0 spiro atoms. The van der Waals surface area contributed by atoms with Gasteiger partial charge in [-0.2, -0.15) is 0 Å². The molecule has 4 heteroatoms. The minimum absolute atomic E-state index is 0.0980. The lowest BCUT2D eigenvalue weighted by Crippen LogP contribution is -2.53. The lowest BCUT2D eigenvalue weighted by molar-refractivity contribution is -0.155. The van der Waals surface area contributed by atoms with E-state index in [1.165, 1.54) is 0 Å². The molecule has 1 fully saturated rings. The average molecular weight is 251 g/mol. The molecule has 1 aromatic rings. The normalized spacial score (nSPS) is 19.1. The number of hydrogen-bond acceptors (Lipinski definition) is 4. The second-order valence-corrected chi connectivity index (χ2v) is 4.96. The zero-order valence-electron chi connectivity index (χ0n) is 11.2. The molecule has 1 aliphatic heterocycles. The van der Waals surface area contributed by atoms with Crippen LogP contribution in [0, 0.1) is 12.3 Å². The summed E-state index contributed by atoms with van der Waals surface area (Å²) in [4.78, 5) is 0. The molecule has 1 aliphatic rings. The van der Waals surface area contributed by atoms with Crippen molar-refractivity contribution in [3.05, 3.63) is 29.3 Å². The first-order chi connectivity index (χ1) is 8.66. The number of aliphatic hydroxyl groups excluding tert-OH is 1. The molecule has 2 N–H and O–H groups in total. The Balaban J connectivity index is 2.30. The number of methoxy groups -OCH3 is 1. The Morgan fingerprint density at radius 2 is 2.22 bits per heavy atom. The van der Waals surface area contributed by atoms with Gasteiger partial charge in [0.15, 0.2) is 0 Å². The number of nitrogens with one attached hydrogen (secondary N) is 1. The van der Waals surface area contributed by atoms with Gasteiger partial charge in [-0.1, -0.05) is 12.1 Å². The van der Waals surface area contributed by atoms with Crippen molar-refractivity contribution in [3.8, 4) is 5.75 Å². The summed E-state index contributed by atoms with van der Waals surface area (Å²) in [5.41, 5.74) is 2.06. The van der Waals surface area contributed by atoms with Gasteiger partial charge in [0.25, 0.3) is 0 Å². The van der Waals surface area contributed by atoms with Crippen molar-refractivity contribution in [2.75, 3.05) is 34.0 Å². The number of ether oxygens (including phenoxy) is 2. The quantitative estimate of drug-likeness (QED) is 0.827. The van der Waals surface area contributed by atoms with E-state index in [2.05, 4.69) is 11.4 Å². The second-order valence-electron chi connectivity index (χ2n) is 4.96. The summed E-state index contributed by atoms with van der Waals surface area (Å²) in [7, 11) is 3.59. The molecule has 1 heterocycles. The van der Waals surface area contributed by atoms with Crippen LogP contribution in [0.25, 0.3) is 0 Å². The molecule has 0 radical (unpaired) electrons. The van der Waals surface area contributed by atoms with Crippen molar-refractivity contribution in [3.63, 3.8) is 0 Å². The molecular formula is C14H21NO3. The minimum Gasteiger partial charge on any atom is -0.496 e. The minimum atomic E-state index is -0.199. The Morgan fingerprint density at radius 3 is 2.61 bits per heavy atom. The summed E-state index contributed by atoms with van der Waals surface area (Å²) in [6.45, 7) is 3.35. The van der Waals surface area contributed by atoms with Crippen molar-refractivity contribution in [2.45, 2.75) is 13.0 Å². The van der Waals surface area contributed by atoms with Crippen molar-refractivity contribution in [1.29, 1.82) is 0 Å². The highest BCUT2D eigenvalue weighted by molar-refractivity contribution is 5.38. The van der Waals surface area contributed by atoms with E-state index < -0.39 is 0 Å². The van der Waals surface area contributed by atoms with Gasteiger partial charge in [-0.05, 0) is 31.2 Å². The zero-order chi connectivity index (χ0) is 13.2. The van der Waals surface area contributed by atoms with E-state index in [0.717, 1.165) is 16.9 Å². The summed E-state index contributed by atoms with van der Waals surface area (Å²) in [5, 5.41) is 12.9. The highest BCUT2D eigenvalue weighted by atomic mass is 16.5. The van der Waals surface area contributed by atoms with Gasteiger partial charge in [0.1, 0.15) is 5.75 Å². The number of aliphatic hydroxyl groups is 1. The van der Waals surface area contributed by atoms with Crippen molar-refractivity contribution < 1.29 is 14.6 Å². The zero-order valence-corrected chi connectivity index (χ0v) is 11.2. The van der Waals surface area contributed by atoms with Crippen LogP contribution < -0.4 is 10.1 Å². The third-order valence-electron chi connectivity index (χ3n) is 3.75. The molecule has 2 rings (SSSR count). The molecular weight excluding hydrogens is 230 g/mol. The van der Waals surface area contributed by atoms with E-state index in [1.807, 2.05) is 26.1 Å². The molecule has 0 aromatic heterocycles. The fraction of sp³-hybridized carbons (Fsp3) is 0.571. The van der Waals surface area contributed by atoms with Crippen LogP contribution in [-0.2, 0) is 4.74 Å². The van der Waals surface area contributed by atoms with Gasteiger partial charge in [-0.3, -0.25) is 0 Å². The fourth-order valence-electron chi connectivity index (χ4n) is 2.62. The van der Waals surface area contributed by atoms with Gasteiger partial charge in [0, 0.05) is 6.04 Å². The van der Waals surface area contributed by atoms with Crippen LogP contribution >= 0.6 is 0 Å². The van der Waals surface area contributed by atoms with E-state index in [0.29, 0.717) is 13.2 Å². The maximum atomic E-state index is 9.62. The van der Waals surface area contributed by atoms with E-state index in [-0.39, 0.29) is 18.1 Å². The molecule has 1 atom stereocenters. The van der Waals surface area contributed by atoms with Crippen LogP contribution in [0.2, 0.25) is 0 Å². The van der Waals surface area contributed by atoms with Gasteiger partial charge < -0.3 is 19.9 Å². The highest BCUT2D eigenvalue weighted by Crippen LogP contribution is 2.40. The lowest BCUT2D eigenvalue weighted by Gasteiger charge is -2.46. The number of rotatable bonds is 5. The summed E-state index contributed by atoms with van der Waals surface area (Å²) < 4.78 is 10.6. The van der Waals surface area contributed by atoms with Crippen molar-refractivity contribution in [2.24, 2.45) is 5.41 Å². The Bertz CT molecular complexity index is 410. The van der Waals surface area contributed by atoms with Gasteiger partial charge in [0.2, 0.25) is 0 Å². The third-order valence-corrected chi connectivity index (χ3v) is 3.75. The summed E-state index contributed by atoms with van der Waals surface area (Å²) in [5.74, 6) is 0.886. The maximum Gasteiger partial charge on any atom is 0.121 e. The summed E-state index contributed by atoms with van der Waals surface area (Å²) >= 11 is 0. The molecule has 1 aromatic carbocycles. The Morgan fingerprint density at radius 1 is 1.50 bits per heavy atom. The number of hydrogen-bond donors (Lipinski definition) is 2. The molecule has 1 saturated heterocycles. The van der Waals surface area contributed by atoms with Crippen molar-refractivity contribution in [1.82, 2.24) is 5.32 Å². The Kier molecular flexibility index (Phi) is 3.90. The molecule has 18 heavy (non-hydrogen) atoms. The second kappa shape index (κ2) is 5.26. The van der Waals surface area contributed by atoms with Gasteiger partial charge >= 0.3 is 0 Å². The predicted molar refractivity (Wildman–Crippen MR) is 69.9 cm³/mol. The van der Waals surface area contributed by atoms with Crippen LogP contribution in [0.15, 0.2) is 18.2 Å². The standard InChI is InChI=1S/C14H21NO3/c1-10-6-11(4-5-12(10)17-3)13(15-2)14(7-16)8-18-9-14/h4-6,13,15-16H,7-9H2,1-3H3. The molecule has 0 saturated carbocycles. The van der Waals surface area contributed by atoms with Gasteiger partial charge in [-0.25, -0.2) is 0 Å². The van der Waals surface area contributed by atoms with E-state index >= 15 is 0 Å². The van der Waals surface area contributed by atoms with Crippen LogP contribution in [0.4, 0.5) is 0 Å². The van der Waals surface area contributed by atoms with Gasteiger partial charge in [-0.15, -0.1) is 0 Å². The Hall–Kier alpha value is -1.10. The molecule has 0 aliphatic carbocycles. The molecule has 0 amide bonds. The molecule has 4 nitrogen and oxygen atoms in total. The predicted octanol–water partition coefficient (Wildman–Crippen LogP) is 1.27.